The Kier molecular flexibility index (Phi) is 5.07. The van der Waals surface area contributed by atoms with Gasteiger partial charge in [0.2, 0.25) is 0 Å². The fraction of sp³-hybridized carbons (Fsp3) is 0.250. The number of aromatic nitrogens is 1. The van der Waals surface area contributed by atoms with E-state index in [1.807, 2.05) is 0 Å². The number of carboxylic acid groups (broad SMARTS) is 2. The van der Waals surface area contributed by atoms with Gasteiger partial charge in [-0.15, -0.1) is 0 Å². The zero-order valence-corrected chi connectivity index (χ0v) is 11.7. The van der Waals surface area contributed by atoms with Crippen molar-refractivity contribution in [2.75, 3.05) is 6.61 Å². The smallest absolute Gasteiger partial charge is 0.450 e. The fourth-order valence-corrected chi connectivity index (χ4v) is 2.50. The van der Waals surface area contributed by atoms with Gasteiger partial charge in [-0.1, -0.05) is 12.1 Å². The van der Waals surface area contributed by atoms with Crippen molar-refractivity contribution in [1.29, 1.82) is 0 Å². The van der Waals surface area contributed by atoms with Gasteiger partial charge in [0, 0.05) is 0 Å². The Morgan fingerprint density at radius 2 is 1.91 bits per heavy atom. The molecule has 1 aromatic carbocycles. The first-order valence-corrected chi connectivity index (χ1v) is 6.80. The second-order valence-electron chi connectivity index (χ2n) is 3.92. The highest BCUT2D eigenvalue weighted by molar-refractivity contribution is 7.99. The minimum absolute atomic E-state index is 0.0555. The maximum Gasteiger partial charge on any atom is 0.507 e. The van der Waals surface area contributed by atoms with Crippen LogP contribution >= 0.6 is 11.8 Å². The van der Waals surface area contributed by atoms with Crippen LogP contribution in [0.5, 0.6) is 0 Å². The van der Waals surface area contributed by atoms with Gasteiger partial charge in [-0.05, 0) is 23.9 Å². The van der Waals surface area contributed by atoms with E-state index < -0.39 is 30.5 Å². The summed E-state index contributed by atoms with van der Waals surface area (Å²) >= 11 is 0.688. The normalized spacial score (nSPS) is 13.5. The minimum Gasteiger partial charge on any atom is -0.450 e. The predicted octanol–water partition coefficient (Wildman–Crippen LogP) is 2.00. The molecule has 0 aliphatic rings. The zero-order valence-electron chi connectivity index (χ0n) is 10.9. The molecular formula is C12H11NO8S. The van der Waals surface area contributed by atoms with Crippen LogP contribution in [0.4, 0.5) is 9.59 Å². The number of ether oxygens (including phenoxy) is 2. The van der Waals surface area contributed by atoms with E-state index in [1.165, 1.54) is 0 Å². The molecule has 1 heterocycles. The molecule has 0 aliphatic carbocycles. The summed E-state index contributed by atoms with van der Waals surface area (Å²) in [4.78, 5) is 25.4. The van der Waals surface area contributed by atoms with E-state index in [2.05, 4.69) is 14.5 Å². The average molecular weight is 329 g/mol. The summed E-state index contributed by atoms with van der Waals surface area (Å²) in [7, 11) is 0. The van der Waals surface area contributed by atoms with Crippen molar-refractivity contribution in [2.24, 2.45) is 0 Å². The number of oxazole rings is 1. The number of nitrogens with zero attached hydrogens (tertiary/aromatic N) is 1. The van der Waals surface area contributed by atoms with Crippen LogP contribution in [-0.4, -0.2) is 50.8 Å². The number of hydrogen-bond acceptors (Lipinski definition) is 8. The van der Waals surface area contributed by atoms with Crippen LogP contribution in [0, 0.1) is 0 Å². The van der Waals surface area contributed by atoms with Gasteiger partial charge >= 0.3 is 12.3 Å². The lowest BCUT2D eigenvalue weighted by Gasteiger charge is -2.21. The van der Waals surface area contributed by atoms with Crippen molar-refractivity contribution in [3.05, 3.63) is 24.3 Å². The van der Waals surface area contributed by atoms with Gasteiger partial charge in [0.1, 0.15) is 5.52 Å². The lowest BCUT2D eigenvalue weighted by atomic mass is 10.3. The minimum atomic E-state index is -1.67. The maximum absolute atomic E-state index is 10.7. The number of rotatable bonds is 6. The lowest BCUT2D eigenvalue weighted by Crippen LogP contribution is -2.35. The largest absolute Gasteiger partial charge is 0.507 e. The highest BCUT2D eigenvalue weighted by Gasteiger charge is 2.31. The summed E-state index contributed by atoms with van der Waals surface area (Å²) < 4.78 is 14.3. The molecule has 2 unspecified atom stereocenters. The van der Waals surface area contributed by atoms with Crippen molar-refractivity contribution >= 4 is 35.2 Å². The number of benzene rings is 1. The van der Waals surface area contributed by atoms with Crippen LogP contribution in [-0.2, 0) is 9.47 Å². The number of carbonyl (C=O) groups is 2. The van der Waals surface area contributed by atoms with Gasteiger partial charge in [0.25, 0.3) is 5.22 Å². The van der Waals surface area contributed by atoms with Crippen LogP contribution in [0.25, 0.3) is 11.1 Å². The molecule has 0 fully saturated rings. The van der Waals surface area contributed by atoms with Crippen molar-refractivity contribution < 1.29 is 38.8 Å². The Morgan fingerprint density at radius 3 is 2.50 bits per heavy atom. The summed E-state index contributed by atoms with van der Waals surface area (Å²) in [6.45, 7) is -0.766. The third-order valence-corrected chi connectivity index (χ3v) is 3.45. The molecule has 3 N–H and O–H groups in total. The number of thioether (sulfide) groups is 1. The van der Waals surface area contributed by atoms with E-state index in [1.54, 1.807) is 24.3 Å². The lowest BCUT2D eigenvalue weighted by molar-refractivity contribution is -0.0290. The van der Waals surface area contributed by atoms with E-state index in [4.69, 9.17) is 19.7 Å². The molecule has 0 bridgehead atoms. The SMILES string of the molecule is O=C(O)OC(CO)C(OC(=O)O)Sc1nc2ccccc2o1. The summed E-state index contributed by atoms with van der Waals surface area (Å²) in [6.07, 6.45) is -4.74. The molecule has 2 aromatic rings. The maximum atomic E-state index is 10.7. The second-order valence-corrected chi connectivity index (χ2v) is 4.97. The first kappa shape index (κ1) is 15.9. The van der Waals surface area contributed by atoms with Gasteiger partial charge in [-0.3, -0.25) is 0 Å². The van der Waals surface area contributed by atoms with Crippen molar-refractivity contribution in [3.8, 4) is 0 Å². The van der Waals surface area contributed by atoms with E-state index >= 15 is 0 Å². The Labute approximate surface area is 127 Å². The Morgan fingerprint density at radius 1 is 1.23 bits per heavy atom. The van der Waals surface area contributed by atoms with Crippen molar-refractivity contribution in [2.45, 2.75) is 16.8 Å². The van der Waals surface area contributed by atoms with Gasteiger partial charge < -0.3 is 29.2 Å². The van der Waals surface area contributed by atoms with E-state index in [0.29, 0.717) is 22.9 Å². The standard InChI is InChI=1S/C12H11NO8S/c14-5-8(20-11(15)16)9(21-12(17)18)22-10-13-6-3-1-2-4-7(6)19-10/h1-4,8-9,14H,5H2,(H,15,16)(H,17,18). The summed E-state index contributed by atoms with van der Waals surface area (Å²) in [6, 6.07) is 6.83. The predicted molar refractivity (Wildman–Crippen MR) is 72.7 cm³/mol. The molecule has 9 nitrogen and oxygen atoms in total. The highest BCUT2D eigenvalue weighted by atomic mass is 32.2. The second kappa shape index (κ2) is 7.00. The van der Waals surface area contributed by atoms with Gasteiger partial charge in [-0.25, -0.2) is 14.6 Å². The first-order valence-electron chi connectivity index (χ1n) is 5.92. The number of aliphatic hydroxyl groups is 1. The molecule has 2 rings (SSSR count). The summed E-state index contributed by atoms with van der Waals surface area (Å²) in [5, 5.41) is 26.5. The molecule has 1 aromatic heterocycles. The van der Waals surface area contributed by atoms with Gasteiger partial charge in [0.05, 0.1) is 6.61 Å². The Balaban J connectivity index is 2.20. The molecule has 0 amide bonds. The average Bonchev–Trinajstić information content (AvgIpc) is 2.85. The van der Waals surface area contributed by atoms with Crippen molar-refractivity contribution in [3.63, 3.8) is 0 Å². The molecule has 10 heteroatoms. The molecular weight excluding hydrogens is 318 g/mol. The Hall–Kier alpha value is -2.46. The number of hydrogen-bond donors (Lipinski definition) is 3. The number of para-hydroxylation sites is 2. The van der Waals surface area contributed by atoms with E-state index in [0.717, 1.165) is 0 Å². The molecule has 0 radical (unpaired) electrons. The highest BCUT2D eigenvalue weighted by Crippen LogP contribution is 2.30. The number of aliphatic hydroxyl groups excluding tert-OH is 1. The van der Waals surface area contributed by atoms with Crippen LogP contribution in [0.2, 0.25) is 0 Å². The van der Waals surface area contributed by atoms with Crippen LogP contribution in [0.3, 0.4) is 0 Å². The topological polar surface area (TPSA) is 139 Å². The summed E-state index contributed by atoms with van der Waals surface area (Å²) in [5.74, 6) is 0. The monoisotopic (exact) mass is 329 g/mol. The fourth-order valence-electron chi connectivity index (χ4n) is 1.58. The molecule has 0 saturated heterocycles. The molecule has 2 atom stereocenters. The van der Waals surface area contributed by atoms with Crippen LogP contribution < -0.4 is 0 Å². The van der Waals surface area contributed by atoms with Crippen molar-refractivity contribution in [1.82, 2.24) is 4.98 Å². The first-order chi connectivity index (χ1) is 10.5. The molecule has 22 heavy (non-hydrogen) atoms. The van der Waals surface area contributed by atoms with Crippen LogP contribution in [0.1, 0.15) is 0 Å². The third kappa shape index (κ3) is 4.02. The van der Waals surface area contributed by atoms with E-state index in [-0.39, 0.29) is 5.22 Å². The molecule has 0 spiro atoms. The van der Waals surface area contributed by atoms with E-state index in [9.17, 15) is 9.59 Å². The molecule has 0 saturated carbocycles. The molecule has 118 valence electrons. The van der Waals surface area contributed by atoms with Crippen LogP contribution in [0.15, 0.2) is 33.9 Å². The quantitative estimate of drug-likeness (QED) is 0.409. The van der Waals surface area contributed by atoms with Gasteiger partial charge in [-0.2, -0.15) is 0 Å². The molecule has 0 aliphatic heterocycles. The zero-order chi connectivity index (χ0) is 16.1. The van der Waals surface area contributed by atoms with Gasteiger partial charge in [0.15, 0.2) is 17.1 Å². The Bertz CT molecular complexity index is 639. The third-order valence-electron chi connectivity index (χ3n) is 2.44. The summed E-state index contributed by atoms with van der Waals surface area (Å²) in [5.41, 5.74) is -0.357. The number of fused-ring (bicyclic) bond motifs is 1.